The molecule has 1 aromatic carbocycles. The van der Waals surface area contributed by atoms with Gasteiger partial charge in [-0.05, 0) is 12.1 Å². The normalized spacial score (nSPS) is 17.7. The van der Waals surface area contributed by atoms with Crippen LogP contribution in [0.15, 0.2) is 24.3 Å². The van der Waals surface area contributed by atoms with E-state index in [1.54, 1.807) is 21.9 Å². The van der Waals surface area contributed by atoms with Crippen LogP contribution in [0.2, 0.25) is 0 Å². The highest BCUT2D eigenvalue weighted by Crippen LogP contribution is 2.20. The van der Waals surface area contributed by atoms with E-state index in [1.807, 2.05) is 0 Å². The van der Waals surface area contributed by atoms with Gasteiger partial charge >= 0.3 is 0 Å². The average molecular weight is 363 g/mol. The summed E-state index contributed by atoms with van der Waals surface area (Å²) in [6.07, 6.45) is 0. The van der Waals surface area contributed by atoms with E-state index in [4.69, 9.17) is 4.74 Å². The van der Waals surface area contributed by atoms with E-state index in [-0.39, 0.29) is 36.0 Å². The van der Waals surface area contributed by atoms with E-state index >= 15 is 0 Å². The summed E-state index contributed by atoms with van der Waals surface area (Å²) in [5.41, 5.74) is 0. The molecule has 0 aromatic heterocycles. The number of amides is 3. The van der Waals surface area contributed by atoms with Crippen molar-refractivity contribution in [3.05, 3.63) is 30.1 Å². The molecule has 2 heterocycles. The van der Waals surface area contributed by atoms with E-state index in [0.29, 0.717) is 39.3 Å². The van der Waals surface area contributed by atoms with Crippen LogP contribution < -0.4 is 4.74 Å². The average Bonchev–Trinajstić information content (AvgIpc) is 2.59. The van der Waals surface area contributed by atoms with Gasteiger partial charge in [-0.3, -0.25) is 14.4 Å². The van der Waals surface area contributed by atoms with Gasteiger partial charge in [0.25, 0.3) is 5.91 Å². The summed E-state index contributed by atoms with van der Waals surface area (Å²) < 4.78 is 18.7. The number of carbonyl (C=O) groups is 3. The van der Waals surface area contributed by atoms with Gasteiger partial charge in [0.1, 0.15) is 0 Å². The molecule has 0 bridgehead atoms. The lowest BCUT2D eigenvalue weighted by Gasteiger charge is -2.42. The fourth-order valence-corrected chi connectivity index (χ4v) is 3.13. The highest BCUT2D eigenvalue weighted by molar-refractivity contribution is 5.85. The van der Waals surface area contributed by atoms with Crippen molar-refractivity contribution in [1.82, 2.24) is 14.7 Å². The molecule has 2 aliphatic heterocycles. The number of rotatable bonds is 4. The summed E-state index contributed by atoms with van der Waals surface area (Å²) in [5.74, 6) is -0.909. The van der Waals surface area contributed by atoms with Crippen molar-refractivity contribution in [2.75, 3.05) is 45.9 Å². The monoisotopic (exact) mass is 363 g/mol. The van der Waals surface area contributed by atoms with Gasteiger partial charge in [-0.25, -0.2) is 4.39 Å². The minimum Gasteiger partial charge on any atom is -0.481 e. The number of carbonyl (C=O) groups excluding carboxylic acids is 3. The van der Waals surface area contributed by atoms with E-state index in [2.05, 4.69) is 0 Å². The number of piperazine rings is 1. The molecule has 0 radical (unpaired) electrons. The summed E-state index contributed by atoms with van der Waals surface area (Å²) in [6.45, 7) is 4.13. The van der Waals surface area contributed by atoms with Crippen LogP contribution in [0.1, 0.15) is 6.92 Å². The fraction of sp³-hybridized carbons (Fsp3) is 0.500. The number of halogens is 1. The predicted octanol–water partition coefficient (Wildman–Crippen LogP) is 0.354. The predicted molar refractivity (Wildman–Crippen MR) is 90.8 cm³/mol. The minimum absolute atomic E-state index is 0.0206. The molecule has 3 amide bonds. The fourth-order valence-electron chi connectivity index (χ4n) is 3.13. The molecule has 0 aliphatic carbocycles. The molecule has 1 aromatic rings. The van der Waals surface area contributed by atoms with Gasteiger partial charge in [-0.15, -0.1) is 0 Å². The van der Waals surface area contributed by atoms with E-state index in [1.165, 1.54) is 24.0 Å². The second-order valence-electron chi connectivity index (χ2n) is 6.55. The molecule has 8 heteroatoms. The number of para-hydroxylation sites is 1. The van der Waals surface area contributed by atoms with Crippen molar-refractivity contribution in [2.45, 2.75) is 6.92 Å². The second-order valence-corrected chi connectivity index (χ2v) is 6.55. The molecule has 26 heavy (non-hydrogen) atoms. The lowest BCUT2D eigenvalue weighted by atomic mass is 9.98. The number of ether oxygens (including phenoxy) is 1. The zero-order chi connectivity index (χ0) is 18.7. The van der Waals surface area contributed by atoms with Crippen molar-refractivity contribution in [3.63, 3.8) is 0 Å². The lowest BCUT2D eigenvalue weighted by Crippen LogP contribution is -2.60. The zero-order valence-corrected chi connectivity index (χ0v) is 14.7. The maximum absolute atomic E-state index is 13.5. The molecule has 0 atom stereocenters. The minimum atomic E-state index is -0.512. The molecule has 2 fully saturated rings. The molecule has 2 saturated heterocycles. The maximum Gasteiger partial charge on any atom is 0.260 e. The van der Waals surface area contributed by atoms with Gasteiger partial charge in [-0.2, -0.15) is 0 Å². The van der Waals surface area contributed by atoms with Crippen molar-refractivity contribution >= 4 is 17.7 Å². The van der Waals surface area contributed by atoms with E-state index in [0.717, 1.165) is 0 Å². The Hall–Kier alpha value is -2.64. The van der Waals surface area contributed by atoms with Gasteiger partial charge < -0.3 is 19.4 Å². The highest BCUT2D eigenvalue weighted by atomic mass is 19.1. The molecule has 0 unspecified atom stereocenters. The Balaban J connectivity index is 1.41. The number of benzene rings is 1. The third-order valence-corrected chi connectivity index (χ3v) is 4.81. The Morgan fingerprint density at radius 3 is 2.27 bits per heavy atom. The molecule has 0 saturated carbocycles. The van der Waals surface area contributed by atoms with Gasteiger partial charge in [0.15, 0.2) is 18.2 Å². The van der Waals surface area contributed by atoms with Crippen LogP contribution in [0.5, 0.6) is 5.75 Å². The molecular weight excluding hydrogens is 341 g/mol. The van der Waals surface area contributed by atoms with Gasteiger partial charge in [0.2, 0.25) is 11.8 Å². The lowest BCUT2D eigenvalue weighted by molar-refractivity contribution is -0.152. The summed E-state index contributed by atoms with van der Waals surface area (Å²) in [7, 11) is 0. The number of likely N-dealkylation sites (tertiary alicyclic amines) is 1. The second kappa shape index (κ2) is 7.72. The molecular formula is C18H22FN3O4. The van der Waals surface area contributed by atoms with Gasteiger partial charge in [-0.1, -0.05) is 12.1 Å². The van der Waals surface area contributed by atoms with Crippen LogP contribution >= 0.6 is 0 Å². The van der Waals surface area contributed by atoms with E-state index < -0.39 is 5.82 Å². The first kappa shape index (κ1) is 18.2. The molecule has 7 nitrogen and oxygen atoms in total. The largest absolute Gasteiger partial charge is 0.481 e. The smallest absolute Gasteiger partial charge is 0.260 e. The Morgan fingerprint density at radius 2 is 1.65 bits per heavy atom. The molecule has 140 valence electrons. The quantitative estimate of drug-likeness (QED) is 0.774. The van der Waals surface area contributed by atoms with Crippen molar-refractivity contribution in [3.8, 4) is 5.75 Å². The van der Waals surface area contributed by atoms with Crippen molar-refractivity contribution in [2.24, 2.45) is 5.92 Å². The molecule has 2 aliphatic rings. The number of hydrogen-bond acceptors (Lipinski definition) is 4. The zero-order valence-electron chi connectivity index (χ0n) is 14.7. The molecule has 3 rings (SSSR count). The maximum atomic E-state index is 13.5. The van der Waals surface area contributed by atoms with Crippen molar-refractivity contribution in [1.29, 1.82) is 0 Å². The topological polar surface area (TPSA) is 70.2 Å². The summed E-state index contributed by atoms with van der Waals surface area (Å²) in [6, 6.07) is 5.91. The molecule has 0 N–H and O–H groups in total. The van der Waals surface area contributed by atoms with Crippen LogP contribution in [0.25, 0.3) is 0 Å². The Kier molecular flexibility index (Phi) is 5.39. The third-order valence-electron chi connectivity index (χ3n) is 4.81. The first-order chi connectivity index (χ1) is 12.5. The third kappa shape index (κ3) is 3.95. The standard InChI is InChI=1S/C18H22FN3O4/c1-13(23)20-6-8-21(9-7-20)18(25)14-10-22(11-14)17(24)12-26-16-5-3-2-4-15(16)19/h2-5,14H,6-12H2,1H3. The first-order valence-electron chi connectivity index (χ1n) is 8.65. The summed E-state index contributed by atoms with van der Waals surface area (Å²) >= 11 is 0. The van der Waals surface area contributed by atoms with Gasteiger partial charge in [0, 0.05) is 46.2 Å². The van der Waals surface area contributed by atoms with Crippen LogP contribution in [0.4, 0.5) is 4.39 Å². The van der Waals surface area contributed by atoms with Crippen molar-refractivity contribution < 1.29 is 23.5 Å². The number of hydrogen-bond donors (Lipinski definition) is 0. The van der Waals surface area contributed by atoms with Crippen LogP contribution in [-0.4, -0.2) is 78.3 Å². The summed E-state index contributed by atoms with van der Waals surface area (Å²) in [4.78, 5) is 40.9. The summed E-state index contributed by atoms with van der Waals surface area (Å²) in [5, 5.41) is 0. The van der Waals surface area contributed by atoms with Gasteiger partial charge in [0.05, 0.1) is 5.92 Å². The molecule has 0 spiro atoms. The SMILES string of the molecule is CC(=O)N1CCN(C(=O)C2CN(C(=O)COc3ccccc3F)C2)CC1. The van der Waals surface area contributed by atoms with Crippen LogP contribution in [0, 0.1) is 11.7 Å². The Morgan fingerprint density at radius 1 is 1.04 bits per heavy atom. The number of nitrogens with zero attached hydrogens (tertiary/aromatic N) is 3. The first-order valence-corrected chi connectivity index (χ1v) is 8.65. The Bertz CT molecular complexity index is 697. The highest BCUT2D eigenvalue weighted by Gasteiger charge is 2.38. The Labute approximate surface area is 151 Å². The van der Waals surface area contributed by atoms with Crippen LogP contribution in [0.3, 0.4) is 0 Å². The van der Waals surface area contributed by atoms with Crippen LogP contribution in [-0.2, 0) is 14.4 Å². The van der Waals surface area contributed by atoms with E-state index in [9.17, 15) is 18.8 Å².